The molecule has 0 radical (unpaired) electrons. The van der Waals surface area contributed by atoms with Crippen molar-refractivity contribution in [2.24, 2.45) is 5.92 Å². The fourth-order valence-electron chi connectivity index (χ4n) is 2.06. The first-order chi connectivity index (χ1) is 9.82. The molecule has 0 saturated heterocycles. The number of sulfonamides is 1. The normalized spacial score (nSPS) is 13.2. The van der Waals surface area contributed by atoms with E-state index in [2.05, 4.69) is 11.7 Å². The largest absolute Gasteiger partial charge is 0.469 e. The quantitative estimate of drug-likeness (QED) is 0.723. The molecule has 0 aliphatic carbocycles. The van der Waals surface area contributed by atoms with Crippen molar-refractivity contribution in [3.63, 3.8) is 0 Å². The molecular formula is C15H23NO4S. The lowest BCUT2D eigenvalue weighted by Gasteiger charge is -2.20. The third-order valence-corrected chi connectivity index (χ3v) is 5.14. The first-order valence-corrected chi connectivity index (χ1v) is 8.40. The van der Waals surface area contributed by atoms with Gasteiger partial charge in [0.05, 0.1) is 17.9 Å². The van der Waals surface area contributed by atoms with Crippen LogP contribution in [0.4, 0.5) is 0 Å². The Morgan fingerprint density at radius 2 is 1.86 bits per heavy atom. The highest BCUT2D eigenvalue weighted by molar-refractivity contribution is 7.89. The molecule has 0 spiro atoms. The molecule has 0 N–H and O–H groups in total. The van der Waals surface area contributed by atoms with Crippen LogP contribution in [0.1, 0.15) is 25.8 Å². The van der Waals surface area contributed by atoms with Crippen molar-refractivity contribution in [1.82, 2.24) is 4.31 Å². The molecule has 0 aromatic heterocycles. The third-order valence-electron chi connectivity index (χ3n) is 3.30. The molecule has 0 aliphatic rings. The molecular weight excluding hydrogens is 290 g/mol. The van der Waals surface area contributed by atoms with Crippen LogP contribution in [0.3, 0.4) is 0 Å². The Hall–Kier alpha value is -1.40. The van der Waals surface area contributed by atoms with Gasteiger partial charge in [-0.15, -0.1) is 0 Å². The van der Waals surface area contributed by atoms with Crippen molar-refractivity contribution in [3.8, 4) is 0 Å². The maximum absolute atomic E-state index is 12.4. The Kier molecular flexibility index (Phi) is 6.36. The molecule has 0 bridgehead atoms. The highest BCUT2D eigenvalue weighted by atomic mass is 32.2. The van der Waals surface area contributed by atoms with Crippen LogP contribution in [-0.4, -0.2) is 39.4 Å². The number of benzene rings is 1. The van der Waals surface area contributed by atoms with Crippen LogP contribution in [0.25, 0.3) is 0 Å². The van der Waals surface area contributed by atoms with Crippen LogP contribution in [0, 0.1) is 5.92 Å². The number of methoxy groups -OCH3 is 1. The summed E-state index contributed by atoms with van der Waals surface area (Å²) in [4.78, 5) is 11.6. The van der Waals surface area contributed by atoms with Crippen LogP contribution in [-0.2, 0) is 26.0 Å². The Labute approximate surface area is 127 Å². The molecule has 0 amide bonds. The lowest BCUT2D eigenvalue weighted by Crippen LogP contribution is -2.34. The number of carbonyl (C=O) groups excluding carboxylic acids is 1. The highest BCUT2D eigenvalue weighted by Gasteiger charge is 2.25. The molecule has 1 unspecified atom stereocenters. The van der Waals surface area contributed by atoms with E-state index in [-0.39, 0.29) is 11.4 Å². The molecule has 1 aromatic rings. The minimum atomic E-state index is -3.58. The van der Waals surface area contributed by atoms with E-state index in [1.165, 1.54) is 18.5 Å². The second-order valence-corrected chi connectivity index (χ2v) is 7.15. The van der Waals surface area contributed by atoms with Crippen LogP contribution in [0.15, 0.2) is 29.2 Å². The van der Waals surface area contributed by atoms with Crippen molar-refractivity contribution in [1.29, 1.82) is 0 Å². The summed E-state index contributed by atoms with van der Waals surface area (Å²) in [6.07, 6.45) is 1.94. The predicted octanol–water partition coefficient (Wildman–Crippen LogP) is 2.07. The summed E-state index contributed by atoms with van der Waals surface area (Å²) in [6.45, 7) is 3.81. The van der Waals surface area contributed by atoms with Gasteiger partial charge in [-0.2, -0.15) is 0 Å². The van der Waals surface area contributed by atoms with E-state index in [9.17, 15) is 13.2 Å². The number of hydrogen-bond donors (Lipinski definition) is 0. The van der Waals surface area contributed by atoms with E-state index in [0.717, 1.165) is 18.4 Å². The van der Waals surface area contributed by atoms with Gasteiger partial charge in [0.1, 0.15) is 0 Å². The van der Waals surface area contributed by atoms with Crippen molar-refractivity contribution in [2.45, 2.75) is 31.6 Å². The van der Waals surface area contributed by atoms with Gasteiger partial charge >= 0.3 is 5.97 Å². The molecule has 1 atom stereocenters. The first-order valence-electron chi connectivity index (χ1n) is 6.96. The number of ether oxygens (including phenoxy) is 1. The first kappa shape index (κ1) is 17.7. The fourth-order valence-corrected chi connectivity index (χ4v) is 3.32. The second kappa shape index (κ2) is 7.56. The smallest absolute Gasteiger partial charge is 0.309 e. The standard InChI is InChI=1S/C15H23NO4S/c1-5-6-13-7-9-14(10-8-13)21(18,19)16(3)11-12(2)15(17)20-4/h7-10,12H,5-6,11H2,1-4H3. The van der Waals surface area contributed by atoms with Gasteiger partial charge in [-0.05, 0) is 24.1 Å². The summed E-state index contributed by atoms with van der Waals surface area (Å²) in [6, 6.07) is 6.88. The number of hydrogen-bond acceptors (Lipinski definition) is 4. The Bertz CT molecular complexity index is 566. The molecule has 21 heavy (non-hydrogen) atoms. The molecule has 0 fully saturated rings. The van der Waals surface area contributed by atoms with Gasteiger partial charge in [0.2, 0.25) is 10.0 Å². The second-order valence-electron chi connectivity index (χ2n) is 5.10. The van der Waals surface area contributed by atoms with Crippen molar-refractivity contribution < 1.29 is 17.9 Å². The molecule has 6 heteroatoms. The monoisotopic (exact) mass is 313 g/mol. The van der Waals surface area contributed by atoms with Gasteiger partial charge in [0, 0.05) is 13.6 Å². The molecule has 5 nitrogen and oxygen atoms in total. The SMILES string of the molecule is CCCc1ccc(S(=O)(=O)N(C)CC(C)C(=O)OC)cc1. The Morgan fingerprint density at radius 3 is 2.33 bits per heavy atom. The number of rotatable bonds is 7. The summed E-state index contributed by atoms with van der Waals surface area (Å²) < 4.78 is 30.6. The van der Waals surface area contributed by atoms with Gasteiger partial charge in [-0.3, -0.25) is 4.79 Å². The number of esters is 1. The highest BCUT2D eigenvalue weighted by Crippen LogP contribution is 2.17. The lowest BCUT2D eigenvalue weighted by molar-refractivity contribution is -0.144. The zero-order valence-electron chi connectivity index (χ0n) is 13.0. The Morgan fingerprint density at radius 1 is 1.29 bits per heavy atom. The van der Waals surface area contributed by atoms with Gasteiger partial charge in [0.25, 0.3) is 0 Å². The summed E-state index contributed by atoms with van der Waals surface area (Å²) in [5.74, 6) is -0.926. The zero-order chi connectivity index (χ0) is 16.0. The van der Waals surface area contributed by atoms with E-state index in [0.29, 0.717) is 0 Å². The fraction of sp³-hybridized carbons (Fsp3) is 0.533. The number of nitrogens with zero attached hydrogens (tertiary/aromatic N) is 1. The molecule has 0 heterocycles. The molecule has 1 aromatic carbocycles. The average molecular weight is 313 g/mol. The minimum Gasteiger partial charge on any atom is -0.469 e. The van der Waals surface area contributed by atoms with Crippen LogP contribution < -0.4 is 0 Å². The van der Waals surface area contributed by atoms with Gasteiger partial charge in [-0.25, -0.2) is 12.7 Å². The number of aryl methyl sites for hydroxylation is 1. The van der Waals surface area contributed by atoms with Gasteiger partial charge < -0.3 is 4.74 Å². The average Bonchev–Trinajstić information content (AvgIpc) is 2.47. The lowest BCUT2D eigenvalue weighted by atomic mass is 10.1. The predicted molar refractivity (Wildman–Crippen MR) is 81.4 cm³/mol. The van der Waals surface area contributed by atoms with Crippen molar-refractivity contribution in [3.05, 3.63) is 29.8 Å². The summed E-state index contributed by atoms with van der Waals surface area (Å²) >= 11 is 0. The maximum Gasteiger partial charge on any atom is 0.309 e. The van der Waals surface area contributed by atoms with Gasteiger partial charge in [-0.1, -0.05) is 32.4 Å². The minimum absolute atomic E-state index is 0.0890. The van der Waals surface area contributed by atoms with E-state index in [1.54, 1.807) is 19.1 Å². The third kappa shape index (κ3) is 4.54. The van der Waals surface area contributed by atoms with Crippen LogP contribution >= 0.6 is 0 Å². The zero-order valence-corrected chi connectivity index (χ0v) is 13.8. The van der Waals surface area contributed by atoms with E-state index >= 15 is 0 Å². The van der Waals surface area contributed by atoms with Gasteiger partial charge in [0.15, 0.2) is 0 Å². The maximum atomic E-state index is 12.4. The summed E-state index contributed by atoms with van der Waals surface area (Å²) in [5, 5.41) is 0. The van der Waals surface area contributed by atoms with E-state index in [1.807, 2.05) is 12.1 Å². The molecule has 118 valence electrons. The van der Waals surface area contributed by atoms with E-state index in [4.69, 9.17) is 0 Å². The topological polar surface area (TPSA) is 63.7 Å². The molecule has 0 aliphatic heterocycles. The van der Waals surface area contributed by atoms with Crippen molar-refractivity contribution >= 4 is 16.0 Å². The van der Waals surface area contributed by atoms with Crippen LogP contribution in [0.2, 0.25) is 0 Å². The molecule has 1 rings (SSSR count). The summed E-state index contributed by atoms with van der Waals surface area (Å²) in [5.41, 5.74) is 1.11. The molecule has 0 saturated carbocycles. The van der Waals surface area contributed by atoms with Crippen LogP contribution in [0.5, 0.6) is 0 Å². The summed E-state index contributed by atoms with van der Waals surface area (Å²) in [7, 11) is -0.823. The Balaban J connectivity index is 2.86. The van der Waals surface area contributed by atoms with Crippen molar-refractivity contribution in [2.75, 3.05) is 20.7 Å². The van der Waals surface area contributed by atoms with E-state index < -0.39 is 21.9 Å². The number of carbonyl (C=O) groups is 1.